The molecule has 0 aliphatic rings. The molecule has 1 atom stereocenters. The highest BCUT2D eigenvalue weighted by molar-refractivity contribution is 5.97. The number of amides is 1. The third-order valence-corrected chi connectivity index (χ3v) is 3.32. The van der Waals surface area contributed by atoms with Crippen LogP contribution in [0.15, 0.2) is 21.0 Å². The summed E-state index contributed by atoms with van der Waals surface area (Å²) in [7, 11) is 0. The molecule has 0 aliphatic carbocycles. The molecule has 4 heteroatoms. The van der Waals surface area contributed by atoms with Gasteiger partial charge in [0.2, 0.25) is 0 Å². The number of rotatable bonds is 3. The molecule has 0 saturated heterocycles. The summed E-state index contributed by atoms with van der Waals surface area (Å²) in [4.78, 5) is 12.3. The second-order valence-corrected chi connectivity index (χ2v) is 4.86. The molecule has 0 aliphatic heterocycles. The van der Waals surface area contributed by atoms with Gasteiger partial charge in [-0.15, -0.1) is 0 Å². The predicted molar refractivity (Wildman–Crippen MR) is 72.2 cm³/mol. The van der Waals surface area contributed by atoms with Gasteiger partial charge in [-0.3, -0.25) is 4.79 Å². The predicted octanol–water partition coefficient (Wildman–Crippen LogP) is 3.60. The van der Waals surface area contributed by atoms with Crippen LogP contribution < -0.4 is 5.32 Å². The smallest absolute Gasteiger partial charge is 0.255 e. The Morgan fingerprint density at radius 2 is 1.79 bits per heavy atom. The lowest BCUT2D eigenvalue weighted by atomic mass is 10.1. The molecule has 4 nitrogen and oxygen atoms in total. The van der Waals surface area contributed by atoms with Crippen LogP contribution in [-0.4, -0.2) is 5.91 Å². The maximum Gasteiger partial charge on any atom is 0.255 e. The second-order valence-electron chi connectivity index (χ2n) is 4.86. The van der Waals surface area contributed by atoms with Crippen molar-refractivity contribution in [2.24, 2.45) is 0 Å². The summed E-state index contributed by atoms with van der Waals surface area (Å²) >= 11 is 0. The van der Waals surface area contributed by atoms with E-state index >= 15 is 0 Å². The topological polar surface area (TPSA) is 55.4 Å². The van der Waals surface area contributed by atoms with Crippen LogP contribution in [-0.2, 0) is 0 Å². The highest BCUT2D eigenvalue weighted by Gasteiger charge is 2.21. The van der Waals surface area contributed by atoms with Gasteiger partial charge in [0, 0.05) is 5.56 Å². The largest absolute Gasteiger partial charge is 0.466 e. The van der Waals surface area contributed by atoms with E-state index in [1.165, 1.54) is 0 Å². The maximum atomic E-state index is 12.3. The van der Waals surface area contributed by atoms with Crippen molar-refractivity contribution in [3.63, 3.8) is 0 Å². The van der Waals surface area contributed by atoms with Gasteiger partial charge < -0.3 is 14.2 Å². The molecule has 2 rings (SSSR count). The van der Waals surface area contributed by atoms with E-state index < -0.39 is 0 Å². The lowest BCUT2D eigenvalue weighted by Gasteiger charge is -2.11. The van der Waals surface area contributed by atoms with Gasteiger partial charge in [0.15, 0.2) is 0 Å². The van der Waals surface area contributed by atoms with E-state index in [-0.39, 0.29) is 11.9 Å². The molecule has 19 heavy (non-hydrogen) atoms. The zero-order valence-corrected chi connectivity index (χ0v) is 12.0. The van der Waals surface area contributed by atoms with Crippen LogP contribution in [0.1, 0.15) is 51.9 Å². The van der Waals surface area contributed by atoms with Crippen LogP contribution in [0.3, 0.4) is 0 Å². The number of carbonyl (C=O) groups excluding carboxylic acids is 1. The first-order valence-electron chi connectivity index (χ1n) is 6.34. The van der Waals surface area contributed by atoms with Crippen LogP contribution >= 0.6 is 0 Å². The number of hydrogen-bond acceptors (Lipinski definition) is 3. The van der Waals surface area contributed by atoms with Crippen molar-refractivity contribution < 1.29 is 13.6 Å². The van der Waals surface area contributed by atoms with Gasteiger partial charge in [0.25, 0.3) is 5.91 Å². The van der Waals surface area contributed by atoms with Gasteiger partial charge in [-0.25, -0.2) is 0 Å². The van der Waals surface area contributed by atoms with Gasteiger partial charge in [0.05, 0.1) is 11.6 Å². The summed E-state index contributed by atoms with van der Waals surface area (Å²) in [6.45, 7) is 9.33. The molecule has 0 aromatic carbocycles. The fraction of sp³-hybridized carbons (Fsp3) is 0.400. The molecular formula is C15H19NO3. The Morgan fingerprint density at radius 1 is 1.11 bits per heavy atom. The van der Waals surface area contributed by atoms with Crippen molar-refractivity contribution in [3.8, 4) is 0 Å². The number of aryl methyl sites for hydroxylation is 3. The van der Waals surface area contributed by atoms with E-state index in [4.69, 9.17) is 8.83 Å². The first kappa shape index (κ1) is 13.5. The van der Waals surface area contributed by atoms with Crippen molar-refractivity contribution in [1.82, 2.24) is 5.32 Å². The van der Waals surface area contributed by atoms with Crippen molar-refractivity contribution in [1.29, 1.82) is 0 Å². The first-order chi connectivity index (χ1) is 8.90. The van der Waals surface area contributed by atoms with Gasteiger partial charge in [-0.1, -0.05) is 0 Å². The van der Waals surface area contributed by atoms with Crippen molar-refractivity contribution in [2.45, 2.75) is 40.7 Å². The van der Waals surface area contributed by atoms with Gasteiger partial charge >= 0.3 is 0 Å². The molecule has 2 heterocycles. The van der Waals surface area contributed by atoms with Crippen molar-refractivity contribution in [2.75, 3.05) is 0 Å². The average molecular weight is 261 g/mol. The Labute approximate surface area is 112 Å². The third-order valence-electron chi connectivity index (χ3n) is 3.32. The fourth-order valence-electron chi connectivity index (χ4n) is 2.15. The molecule has 1 unspecified atom stereocenters. The molecule has 1 N–H and O–H groups in total. The van der Waals surface area contributed by atoms with Crippen LogP contribution in [0.2, 0.25) is 0 Å². The highest BCUT2D eigenvalue weighted by atomic mass is 16.3. The number of carbonyl (C=O) groups is 1. The highest BCUT2D eigenvalue weighted by Crippen LogP contribution is 2.22. The first-order valence-corrected chi connectivity index (χ1v) is 6.34. The normalized spacial score (nSPS) is 12.5. The Bertz CT molecular complexity index is 607. The number of hydrogen-bond donors (Lipinski definition) is 1. The van der Waals surface area contributed by atoms with Gasteiger partial charge in [-0.05, 0) is 46.8 Å². The van der Waals surface area contributed by atoms with Crippen molar-refractivity contribution >= 4 is 5.91 Å². The van der Waals surface area contributed by atoms with E-state index in [2.05, 4.69) is 5.32 Å². The minimum absolute atomic E-state index is 0.131. The summed E-state index contributed by atoms with van der Waals surface area (Å²) in [6, 6.07) is 3.59. The zero-order chi connectivity index (χ0) is 14.2. The molecule has 2 aromatic rings. The van der Waals surface area contributed by atoms with E-state index in [1.807, 2.05) is 39.8 Å². The lowest BCUT2D eigenvalue weighted by molar-refractivity contribution is 0.0933. The summed E-state index contributed by atoms with van der Waals surface area (Å²) in [5.41, 5.74) is 1.51. The molecule has 102 valence electrons. The third kappa shape index (κ3) is 2.57. The lowest BCUT2D eigenvalue weighted by Crippen LogP contribution is -2.27. The summed E-state index contributed by atoms with van der Waals surface area (Å²) in [5, 5.41) is 2.93. The standard InChI is InChI=1S/C15H19NO3/c1-8-6-7-13(18-8)10(3)16-15(17)14-9(2)11(4)19-12(14)5/h6-7,10H,1-5H3,(H,16,17). The zero-order valence-electron chi connectivity index (χ0n) is 12.0. The number of nitrogens with one attached hydrogen (secondary N) is 1. The molecule has 0 spiro atoms. The molecule has 0 fully saturated rings. The molecule has 0 saturated carbocycles. The van der Waals surface area contributed by atoms with Crippen LogP contribution in [0.25, 0.3) is 0 Å². The number of furan rings is 2. The summed E-state index contributed by atoms with van der Waals surface area (Å²) < 4.78 is 11.0. The average Bonchev–Trinajstić information content (AvgIpc) is 2.84. The quantitative estimate of drug-likeness (QED) is 0.918. The molecule has 0 bridgehead atoms. The van der Waals surface area contributed by atoms with E-state index in [1.54, 1.807) is 6.92 Å². The van der Waals surface area contributed by atoms with E-state index in [0.29, 0.717) is 11.3 Å². The summed E-state index contributed by atoms with van der Waals surface area (Å²) in [6.07, 6.45) is 0. The Balaban J connectivity index is 2.17. The molecule has 0 radical (unpaired) electrons. The van der Waals surface area contributed by atoms with Crippen LogP contribution in [0.4, 0.5) is 0 Å². The molecule has 1 amide bonds. The van der Waals surface area contributed by atoms with Gasteiger partial charge in [0.1, 0.15) is 23.0 Å². The van der Waals surface area contributed by atoms with Gasteiger partial charge in [-0.2, -0.15) is 0 Å². The Hall–Kier alpha value is -1.97. The summed E-state index contributed by atoms with van der Waals surface area (Å²) in [5.74, 6) is 2.89. The SMILES string of the molecule is Cc1ccc(C(C)NC(=O)c2c(C)oc(C)c2C)o1. The second kappa shape index (κ2) is 4.96. The Morgan fingerprint density at radius 3 is 2.26 bits per heavy atom. The van der Waals surface area contributed by atoms with E-state index in [0.717, 1.165) is 22.8 Å². The van der Waals surface area contributed by atoms with Crippen LogP contribution in [0.5, 0.6) is 0 Å². The minimum Gasteiger partial charge on any atom is -0.466 e. The molecular weight excluding hydrogens is 242 g/mol. The Kier molecular flexibility index (Phi) is 3.51. The van der Waals surface area contributed by atoms with E-state index in [9.17, 15) is 4.79 Å². The van der Waals surface area contributed by atoms with Crippen molar-refractivity contribution in [3.05, 3.63) is 46.3 Å². The minimum atomic E-state index is -0.171. The molecule has 2 aromatic heterocycles. The van der Waals surface area contributed by atoms with Crippen LogP contribution in [0, 0.1) is 27.7 Å². The maximum absolute atomic E-state index is 12.3. The monoisotopic (exact) mass is 261 g/mol. The fourth-order valence-corrected chi connectivity index (χ4v) is 2.15.